The molecule has 0 bridgehead atoms. The number of carbonyl (C=O) groups is 7. The lowest BCUT2D eigenvalue weighted by atomic mass is 9.95. The first-order valence-corrected chi connectivity index (χ1v) is 33.3. The molecular weight excluding hydrogens is 1350 g/mol. The number of hydrogen-bond acceptors (Lipinski definition) is 21. The van der Waals surface area contributed by atoms with E-state index >= 15 is 4.79 Å². The number of halogens is 2. The van der Waals surface area contributed by atoms with Crippen molar-refractivity contribution in [2.45, 2.75) is 61.3 Å². The molecule has 9 aromatic carbocycles. The summed E-state index contributed by atoms with van der Waals surface area (Å²) >= 11 is 6.47. The van der Waals surface area contributed by atoms with E-state index in [0.29, 0.717) is 21.2 Å². The molecule has 502 valence electrons. The summed E-state index contributed by atoms with van der Waals surface area (Å²) in [6, 6.07) is 71.0. The van der Waals surface area contributed by atoms with Crippen molar-refractivity contribution in [3.8, 4) is 5.69 Å². The maximum Gasteiger partial charge on any atom is 0.338 e. The fourth-order valence-electron chi connectivity index (χ4n) is 10.6. The number of aromatic nitrogens is 1. The topological polar surface area (TPSA) is 241 Å². The summed E-state index contributed by atoms with van der Waals surface area (Å²) < 4.78 is 67.4. The van der Waals surface area contributed by atoms with Gasteiger partial charge in [-0.3, -0.25) is 4.57 Å². The molecule has 1 aromatic heterocycles. The van der Waals surface area contributed by atoms with Crippen molar-refractivity contribution >= 4 is 92.2 Å². The number of nitrogens with zero attached hydrogens (tertiary/aromatic N) is 3. The monoisotopic (exact) mass is 1410 g/mol. The van der Waals surface area contributed by atoms with Crippen LogP contribution in [0.5, 0.6) is 0 Å². The number of benzene rings is 9. The Balaban J connectivity index is 0.00000990. The molecule has 2 aliphatic rings. The Hall–Kier alpha value is -10.7. The number of hydrogen-bond donors (Lipinski definition) is 0. The van der Waals surface area contributed by atoms with Gasteiger partial charge < -0.3 is 47.4 Å². The summed E-state index contributed by atoms with van der Waals surface area (Å²) in [5, 5.41) is 0.432. The number of esters is 7. The maximum absolute atomic E-state index is 15.1. The highest BCUT2D eigenvalue weighted by Gasteiger charge is 2.58. The lowest BCUT2D eigenvalue weighted by Gasteiger charge is -2.48. The van der Waals surface area contributed by atoms with E-state index in [1.54, 1.807) is 156 Å². The zero-order chi connectivity index (χ0) is 67.7. The second kappa shape index (κ2) is 33.5. The highest BCUT2D eigenvalue weighted by atomic mass is 35.5. The highest BCUT2D eigenvalue weighted by molar-refractivity contribution is 7.67. The molecule has 12 rings (SSSR count). The zero-order valence-corrected chi connectivity index (χ0v) is 55.2. The lowest BCUT2D eigenvalue weighted by molar-refractivity contribution is -0.338. The highest BCUT2D eigenvalue weighted by Crippen LogP contribution is 2.38. The molecule has 0 amide bonds. The molecule has 2 aliphatic heterocycles. The van der Waals surface area contributed by atoms with Crippen LogP contribution in [0.15, 0.2) is 277 Å². The molecule has 20 nitrogen and oxygen atoms in total. The van der Waals surface area contributed by atoms with Crippen LogP contribution < -0.4 is 9.60 Å². The molecular formula is C75H59Cl2N3O17S2. The van der Waals surface area contributed by atoms with Gasteiger partial charge in [0.2, 0.25) is 9.60 Å². The summed E-state index contributed by atoms with van der Waals surface area (Å²) in [5.41, 5.74) is 1.46. The SMILES string of the molecule is Cl.O=C(OC[C@H]1O[C@@H](O[C@H]2[C@H](OC(=O)c3ccccc3)[C@@H](OC(=O)c3ccccc3)[C@H](/N=c3/ssc(=Nc4ccccc4)n3-c3ccc(Cl)cc3)O[C@@H]2COC(=O)c2ccccc2)[C@H](OC(=O)c2ccccc2)[C@@H](OC(=O)c2ccccc2)[C@H]1OC(=O)c1ccccc1)c1ccccc1. The predicted molar refractivity (Wildman–Crippen MR) is 365 cm³/mol. The van der Waals surface area contributed by atoms with E-state index in [9.17, 15) is 28.8 Å². The van der Waals surface area contributed by atoms with Crippen molar-refractivity contribution in [1.82, 2.24) is 4.57 Å². The predicted octanol–water partition coefficient (Wildman–Crippen LogP) is 12.5. The van der Waals surface area contributed by atoms with E-state index < -0.39 is 116 Å². The molecule has 3 heterocycles. The Labute approximate surface area is 584 Å². The first-order chi connectivity index (χ1) is 47.9. The first kappa shape index (κ1) is 69.7. The van der Waals surface area contributed by atoms with E-state index in [4.69, 9.17) is 69.0 Å². The number of carbonyl (C=O) groups excluding carboxylic acids is 7. The van der Waals surface area contributed by atoms with Crippen LogP contribution in [-0.4, -0.2) is 121 Å². The van der Waals surface area contributed by atoms with Crippen molar-refractivity contribution in [2.75, 3.05) is 13.2 Å². The standard InChI is InChI=1S/C75H58ClN3O17S2.ClH/c76-54-41-43-56(44-42-54)79-74(77-55-39-23-8-24-40-55)97-98-75(79)78-65-63(94-71(85)52-35-19-6-20-36-52)61(92-69(83)50-31-15-4-16-32-50)60(57(89-65)45-87-66(80)47-25-9-1-10-26-47)96-73-64(95-72(86)53-37-21-7-22-38-53)62(93-70(84)51-33-17-5-18-34-51)59(91-68(82)49-29-13-3-14-30-49)58(90-73)46-88-67(81)48-27-11-2-12-28-48;/h1-44,57-65,73H,45-46H2;1H/b77-74?,78-75+;/t57-,58-,59+,60-,61+,62+,63-,64-,65-,73+;/m1./s1. The number of rotatable bonds is 21. The summed E-state index contributed by atoms with van der Waals surface area (Å²) in [7, 11) is 2.40. The molecule has 2 fully saturated rings. The van der Waals surface area contributed by atoms with Crippen LogP contribution in [0.25, 0.3) is 5.69 Å². The van der Waals surface area contributed by atoms with Gasteiger partial charge in [0.25, 0.3) is 0 Å². The van der Waals surface area contributed by atoms with Crippen LogP contribution >= 0.6 is 44.7 Å². The number of para-hydroxylation sites is 1. The third-order valence-corrected chi connectivity index (χ3v) is 17.7. The summed E-state index contributed by atoms with van der Waals surface area (Å²) in [5.74, 6) is -6.66. The minimum atomic E-state index is -2.12. The molecule has 2 saturated heterocycles. The Morgan fingerprint density at radius 3 is 1.09 bits per heavy atom. The van der Waals surface area contributed by atoms with Crippen LogP contribution in [0, 0.1) is 0 Å². The molecule has 0 unspecified atom stereocenters. The molecule has 99 heavy (non-hydrogen) atoms. The fraction of sp³-hybridized carbons (Fsp3) is 0.160. The second-order valence-corrected chi connectivity index (χ2v) is 24.4. The minimum Gasteiger partial charge on any atom is -0.459 e. The molecule has 10 atom stereocenters. The van der Waals surface area contributed by atoms with Gasteiger partial charge >= 0.3 is 41.8 Å². The van der Waals surface area contributed by atoms with Crippen LogP contribution in [0.4, 0.5) is 5.69 Å². The first-order valence-electron chi connectivity index (χ1n) is 30.7. The van der Waals surface area contributed by atoms with E-state index in [2.05, 4.69) is 0 Å². The lowest BCUT2D eigenvalue weighted by Crippen LogP contribution is -2.67. The van der Waals surface area contributed by atoms with Gasteiger partial charge in [-0.05, 0) is 142 Å². The fourth-order valence-corrected chi connectivity index (χ4v) is 12.9. The second-order valence-electron chi connectivity index (χ2n) is 21.9. The molecule has 0 spiro atoms. The van der Waals surface area contributed by atoms with Gasteiger partial charge in [-0.2, -0.15) is 0 Å². The van der Waals surface area contributed by atoms with Crippen LogP contribution in [0.1, 0.15) is 72.5 Å². The van der Waals surface area contributed by atoms with Gasteiger partial charge in [0.15, 0.2) is 43.0 Å². The van der Waals surface area contributed by atoms with Gasteiger partial charge in [0.05, 0.1) is 50.3 Å². The Bertz CT molecular complexity index is 4530. The largest absolute Gasteiger partial charge is 0.459 e. The van der Waals surface area contributed by atoms with Gasteiger partial charge in [0.1, 0.15) is 31.5 Å². The average Bonchev–Trinajstić information content (AvgIpc) is 1.19. The summed E-state index contributed by atoms with van der Waals surface area (Å²) in [6.07, 6.45) is -18.7. The van der Waals surface area contributed by atoms with Gasteiger partial charge in [0, 0.05) is 5.02 Å². The zero-order valence-electron chi connectivity index (χ0n) is 52.0. The van der Waals surface area contributed by atoms with Gasteiger partial charge in [-0.25, -0.2) is 43.5 Å². The van der Waals surface area contributed by atoms with E-state index in [1.165, 1.54) is 95.3 Å². The van der Waals surface area contributed by atoms with E-state index in [1.807, 2.05) is 30.3 Å². The van der Waals surface area contributed by atoms with Crippen molar-refractivity contribution < 1.29 is 80.9 Å². The third kappa shape index (κ3) is 17.5. The summed E-state index contributed by atoms with van der Waals surface area (Å²) in [6.45, 7) is -1.51. The van der Waals surface area contributed by atoms with Crippen molar-refractivity contribution in [2.24, 2.45) is 9.98 Å². The molecule has 0 N–H and O–H groups in total. The van der Waals surface area contributed by atoms with Crippen molar-refractivity contribution in [3.05, 3.63) is 320 Å². The Kier molecular flexibility index (Phi) is 23.6. The molecule has 0 radical (unpaired) electrons. The number of ether oxygens (including phenoxy) is 10. The quantitative estimate of drug-likeness (QED) is 0.0369. The van der Waals surface area contributed by atoms with Crippen LogP contribution in [0.3, 0.4) is 0 Å². The normalized spacial score (nSPS) is 20.5. The van der Waals surface area contributed by atoms with Gasteiger partial charge in [-0.1, -0.05) is 157 Å². The molecule has 0 saturated carbocycles. The summed E-state index contributed by atoms with van der Waals surface area (Å²) in [4.78, 5) is 113. The average molecular weight is 1410 g/mol. The maximum atomic E-state index is 15.1. The smallest absolute Gasteiger partial charge is 0.338 e. The van der Waals surface area contributed by atoms with E-state index in [0.717, 1.165) is 10.3 Å². The van der Waals surface area contributed by atoms with Crippen molar-refractivity contribution in [1.29, 1.82) is 0 Å². The van der Waals surface area contributed by atoms with E-state index in [-0.39, 0.29) is 56.2 Å². The Morgan fingerprint density at radius 1 is 0.364 bits per heavy atom. The van der Waals surface area contributed by atoms with Crippen molar-refractivity contribution in [3.63, 3.8) is 0 Å². The van der Waals surface area contributed by atoms with Crippen LogP contribution in [-0.2, 0) is 47.4 Å². The Morgan fingerprint density at radius 2 is 0.687 bits per heavy atom. The van der Waals surface area contributed by atoms with Gasteiger partial charge in [-0.15, -0.1) is 12.4 Å². The molecule has 0 aliphatic carbocycles. The van der Waals surface area contributed by atoms with Crippen LogP contribution in [0.2, 0.25) is 5.02 Å². The molecule has 24 heteroatoms. The molecule has 10 aromatic rings. The third-order valence-electron chi connectivity index (χ3n) is 15.4. The minimum absolute atomic E-state index is 0.